The molecule has 2 rings (SSSR count). The molecule has 0 aliphatic carbocycles. The molecule has 0 aliphatic rings. The zero-order valence-corrected chi connectivity index (χ0v) is 16.5. The highest BCUT2D eigenvalue weighted by molar-refractivity contribution is 9.10. The van der Waals surface area contributed by atoms with Crippen LogP contribution in [0.15, 0.2) is 53.0 Å². The molecule has 28 heavy (non-hydrogen) atoms. The van der Waals surface area contributed by atoms with Gasteiger partial charge in [0.05, 0.1) is 6.54 Å². The van der Waals surface area contributed by atoms with Crippen molar-refractivity contribution in [2.75, 3.05) is 6.54 Å². The third kappa shape index (κ3) is 6.67. The second-order valence-electron chi connectivity index (χ2n) is 5.81. The molecule has 0 aromatic heterocycles. The Morgan fingerprint density at radius 3 is 2.36 bits per heavy atom. The van der Waals surface area contributed by atoms with Gasteiger partial charge < -0.3 is 26.3 Å². The summed E-state index contributed by atoms with van der Waals surface area (Å²) in [4.78, 5) is 34.6. The molecular weight excluding hydrogens is 430 g/mol. The van der Waals surface area contributed by atoms with Crippen LogP contribution in [-0.4, -0.2) is 30.6 Å². The van der Waals surface area contributed by atoms with E-state index in [9.17, 15) is 14.4 Å². The number of hydrogen-bond acceptors (Lipinski definition) is 6. The van der Waals surface area contributed by atoms with E-state index in [2.05, 4.69) is 21.2 Å². The Hall–Kier alpha value is -2.91. The van der Waals surface area contributed by atoms with Crippen molar-refractivity contribution in [2.24, 2.45) is 11.5 Å². The van der Waals surface area contributed by atoms with Crippen LogP contribution >= 0.6 is 15.9 Å². The molecule has 2 amide bonds. The number of benzene rings is 2. The third-order valence-electron chi connectivity index (χ3n) is 3.73. The van der Waals surface area contributed by atoms with Crippen LogP contribution < -0.4 is 21.5 Å². The fourth-order valence-electron chi connectivity index (χ4n) is 2.28. The first-order valence-corrected chi connectivity index (χ1v) is 9.14. The van der Waals surface area contributed by atoms with Crippen LogP contribution in [0.25, 0.3) is 0 Å². The van der Waals surface area contributed by atoms with Gasteiger partial charge in [0.25, 0.3) is 0 Å². The van der Waals surface area contributed by atoms with Gasteiger partial charge in [-0.25, -0.2) is 4.79 Å². The topological polar surface area (TPSA) is 134 Å². The minimum absolute atomic E-state index is 0.0689. The zero-order valence-electron chi connectivity index (χ0n) is 14.9. The molecule has 8 nitrogen and oxygen atoms in total. The summed E-state index contributed by atoms with van der Waals surface area (Å²) in [7, 11) is 0. The van der Waals surface area contributed by atoms with E-state index in [0.717, 1.165) is 15.6 Å². The fourth-order valence-corrected chi connectivity index (χ4v) is 2.68. The largest absolute Gasteiger partial charge is 0.514 e. The molecule has 0 radical (unpaired) electrons. The summed E-state index contributed by atoms with van der Waals surface area (Å²) < 4.78 is 11.0. The quantitative estimate of drug-likeness (QED) is 0.414. The monoisotopic (exact) mass is 449 g/mol. The molecule has 2 aromatic rings. The number of primary amides is 1. The summed E-state index contributed by atoms with van der Waals surface area (Å²) in [5, 5.41) is 2.45. The summed E-state index contributed by atoms with van der Waals surface area (Å²) in [5.41, 5.74) is 12.0. The minimum Gasteiger partial charge on any atom is -0.429 e. The predicted molar refractivity (Wildman–Crippen MR) is 105 cm³/mol. The lowest BCUT2D eigenvalue weighted by Crippen LogP contribution is -2.47. The van der Waals surface area contributed by atoms with Crippen molar-refractivity contribution in [3.8, 4) is 5.75 Å². The average molecular weight is 450 g/mol. The van der Waals surface area contributed by atoms with Crippen LogP contribution in [-0.2, 0) is 27.4 Å². The lowest BCUT2D eigenvalue weighted by Gasteiger charge is -2.15. The smallest absolute Gasteiger partial charge is 0.429 e. The first kappa shape index (κ1) is 21.4. The molecule has 0 saturated carbocycles. The van der Waals surface area contributed by atoms with Crippen molar-refractivity contribution in [2.45, 2.75) is 19.1 Å². The molecule has 5 N–H and O–H groups in total. The van der Waals surface area contributed by atoms with Crippen LogP contribution in [0, 0.1) is 0 Å². The Labute approximate surface area is 170 Å². The van der Waals surface area contributed by atoms with Crippen LogP contribution in [0.1, 0.15) is 11.1 Å². The lowest BCUT2D eigenvalue weighted by molar-refractivity contribution is -0.126. The van der Waals surface area contributed by atoms with Gasteiger partial charge in [0, 0.05) is 16.5 Å². The van der Waals surface area contributed by atoms with Crippen LogP contribution in [0.3, 0.4) is 0 Å². The lowest BCUT2D eigenvalue weighted by atomic mass is 10.1. The van der Waals surface area contributed by atoms with Gasteiger partial charge in [-0.1, -0.05) is 46.3 Å². The average Bonchev–Trinajstić information content (AvgIpc) is 2.68. The Morgan fingerprint density at radius 2 is 1.75 bits per heavy atom. The predicted octanol–water partition coefficient (Wildman–Crippen LogP) is 1.64. The highest BCUT2D eigenvalue weighted by atomic mass is 79.9. The Morgan fingerprint density at radius 1 is 1.07 bits per heavy atom. The molecule has 0 unspecified atom stereocenters. The van der Waals surface area contributed by atoms with Gasteiger partial charge in [0.1, 0.15) is 18.4 Å². The molecule has 0 fully saturated rings. The maximum atomic E-state index is 11.8. The maximum absolute atomic E-state index is 11.8. The Kier molecular flexibility index (Phi) is 7.97. The molecule has 148 valence electrons. The van der Waals surface area contributed by atoms with E-state index in [1.807, 2.05) is 24.3 Å². The first-order chi connectivity index (χ1) is 13.4. The van der Waals surface area contributed by atoms with Gasteiger partial charge in [-0.15, -0.1) is 0 Å². The molecule has 2 aromatic carbocycles. The second kappa shape index (κ2) is 10.4. The van der Waals surface area contributed by atoms with Crippen molar-refractivity contribution in [1.29, 1.82) is 0 Å². The molecule has 0 saturated heterocycles. The van der Waals surface area contributed by atoms with Gasteiger partial charge in [-0.2, -0.15) is 0 Å². The second-order valence-corrected chi connectivity index (χ2v) is 6.66. The molecule has 0 aliphatic heterocycles. The number of nitrogens with one attached hydrogen (secondary N) is 1. The number of carbonyl (C=O) groups excluding carboxylic acids is 3. The number of ether oxygens (including phenoxy) is 2. The van der Waals surface area contributed by atoms with Crippen LogP contribution in [0.5, 0.6) is 5.75 Å². The maximum Gasteiger partial charge on any atom is 0.514 e. The summed E-state index contributed by atoms with van der Waals surface area (Å²) in [6.07, 6.45) is -0.651. The normalized spacial score (nSPS) is 11.4. The van der Waals surface area contributed by atoms with Gasteiger partial charge in [0.15, 0.2) is 0 Å². The van der Waals surface area contributed by atoms with Crippen LogP contribution in [0.2, 0.25) is 0 Å². The van der Waals surface area contributed by atoms with Crippen molar-refractivity contribution >= 4 is 33.9 Å². The highest BCUT2D eigenvalue weighted by Crippen LogP contribution is 2.18. The fraction of sp³-hybridized carbons (Fsp3) is 0.211. The molecule has 1 atom stereocenters. The number of halogens is 1. The zero-order chi connectivity index (χ0) is 20.5. The van der Waals surface area contributed by atoms with Gasteiger partial charge in [0.2, 0.25) is 11.8 Å². The highest BCUT2D eigenvalue weighted by Gasteiger charge is 2.18. The first-order valence-electron chi connectivity index (χ1n) is 8.34. The van der Waals surface area contributed by atoms with Gasteiger partial charge in [-0.3, -0.25) is 9.59 Å². The molecule has 9 heteroatoms. The van der Waals surface area contributed by atoms with Crippen molar-refractivity contribution in [3.63, 3.8) is 0 Å². The van der Waals surface area contributed by atoms with E-state index >= 15 is 0 Å². The summed E-state index contributed by atoms with van der Waals surface area (Å²) in [6.45, 7) is -0.169. The summed E-state index contributed by atoms with van der Waals surface area (Å²) in [6, 6.07) is 12.9. The Bertz CT molecular complexity index is 842. The van der Waals surface area contributed by atoms with Crippen molar-refractivity contribution in [1.82, 2.24) is 5.32 Å². The van der Waals surface area contributed by atoms with E-state index in [4.69, 9.17) is 20.9 Å². The minimum atomic E-state index is -0.878. The van der Waals surface area contributed by atoms with Crippen LogP contribution in [0.4, 0.5) is 4.79 Å². The number of nitrogens with two attached hydrogens (primary N) is 2. The molecule has 0 spiro atoms. The third-order valence-corrected chi connectivity index (χ3v) is 4.51. The SMILES string of the molecule is NCC(=O)N[C@@H](Cc1ccc(OC(=O)OCc2ccccc2Br)cc1)C(N)=O. The summed E-state index contributed by atoms with van der Waals surface area (Å²) in [5.74, 6) is -0.864. The van der Waals surface area contributed by atoms with E-state index in [1.165, 1.54) is 0 Å². The van der Waals surface area contributed by atoms with Gasteiger partial charge in [-0.05, 0) is 23.8 Å². The molecule has 0 bridgehead atoms. The van der Waals surface area contributed by atoms with E-state index in [0.29, 0.717) is 0 Å². The molecule has 0 heterocycles. The van der Waals surface area contributed by atoms with E-state index < -0.39 is 24.0 Å². The standard InChI is InChI=1S/C19H20BrN3O5/c20-15-4-2-1-3-13(15)11-27-19(26)28-14-7-5-12(6-8-14)9-16(18(22)25)23-17(24)10-21/h1-8,16H,9-11,21H2,(H2,22,25)(H,23,24)/t16-/m0/s1. The summed E-state index contributed by atoms with van der Waals surface area (Å²) >= 11 is 3.37. The van der Waals surface area contributed by atoms with E-state index in [1.54, 1.807) is 24.3 Å². The van der Waals surface area contributed by atoms with Crippen molar-refractivity contribution in [3.05, 3.63) is 64.1 Å². The van der Waals surface area contributed by atoms with Crippen molar-refractivity contribution < 1.29 is 23.9 Å². The Balaban J connectivity index is 1.89. The number of hydrogen-bond donors (Lipinski definition) is 3. The number of rotatable bonds is 8. The van der Waals surface area contributed by atoms with Gasteiger partial charge >= 0.3 is 6.16 Å². The number of amides is 2. The number of carbonyl (C=O) groups is 3. The van der Waals surface area contributed by atoms with E-state index in [-0.39, 0.29) is 25.3 Å². The molecular formula is C19H20BrN3O5.